The summed E-state index contributed by atoms with van der Waals surface area (Å²) in [5.74, 6) is -0.520. The van der Waals surface area contributed by atoms with Crippen LogP contribution in [0.5, 0.6) is 0 Å². The molecule has 1 radical (unpaired) electrons. The van der Waals surface area contributed by atoms with Crippen LogP contribution in [0, 0.1) is 6.42 Å². The van der Waals surface area contributed by atoms with Crippen molar-refractivity contribution in [1.82, 2.24) is 4.98 Å². The number of nitrogens with two attached hydrogens (primary N) is 1. The molecule has 0 unspecified atom stereocenters. The molecule has 0 fully saturated rings. The number of rotatable bonds is 4. The number of oxazole rings is 1. The Kier molecular flexibility index (Phi) is 2.90. The first kappa shape index (κ1) is 10.7. The minimum atomic E-state index is -3.43. The highest BCUT2D eigenvalue weighted by Gasteiger charge is 2.14. The molecule has 0 aromatic carbocycles. The summed E-state index contributed by atoms with van der Waals surface area (Å²) in [5.41, 5.74) is 5.17. The van der Waals surface area contributed by atoms with Gasteiger partial charge in [-0.15, -0.1) is 0 Å². The number of carbonyl (C=O) groups excluding carboxylic acids is 1. The molecule has 0 aliphatic heterocycles. The summed E-state index contributed by atoms with van der Waals surface area (Å²) < 4.78 is 26.5. The molecule has 1 amide bonds. The van der Waals surface area contributed by atoms with Crippen LogP contribution >= 0.6 is 0 Å². The molecule has 14 heavy (non-hydrogen) atoms. The van der Waals surface area contributed by atoms with Gasteiger partial charge in [-0.3, -0.25) is 4.79 Å². The lowest BCUT2D eigenvalue weighted by Crippen LogP contribution is -2.10. The molecule has 0 saturated heterocycles. The van der Waals surface area contributed by atoms with Crippen molar-refractivity contribution < 1.29 is 17.6 Å². The van der Waals surface area contributed by atoms with Gasteiger partial charge >= 0.3 is 5.22 Å². The van der Waals surface area contributed by atoms with E-state index >= 15 is 0 Å². The molecule has 0 saturated carbocycles. The van der Waals surface area contributed by atoms with Gasteiger partial charge in [0.25, 0.3) is 0 Å². The van der Waals surface area contributed by atoms with Crippen molar-refractivity contribution in [3.8, 4) is 0 Å². The third kappa shape index (κ3) is 2.84. The van der Waals surface area contributed by atoms with Gasteiger partial charge in [0, 0.05) is 19.1 Å². The highest BCUT2D eigenvalue weighted by Crippen LogP contribution is 2.10. The smallest absolute Gasteiger partial charge is 0.314 e. The van der Waals surface area contributed by atoms with Gasteiger partial charge < -0.3 is 10.2 Å². The minimum absolute atomic E-state index is 0.00423. The second kappa shape index (κ2) is 3.79. The van der Waals surface area contributed by atoms with Gasteiger partial charge in [0.05, 0.1) is 5.69 Å². The molecular formula is C7H9N2O4S. The summed E-state index contributed by atoms with van der Waals surface area (Å²) in [7, 11) is -3.43. The third-order valence-corrected chi connectivity index (χ3v) is 2.15. The highest BCUT2D eigenvalue weighted by molar-refractivity contribution is 7.90. The molecule has 0 bridgehead atoms. The van der Waals surface area contributed by atoms with E-state index in [2.05, 4.69) is 9.40 Å². The number of aromatic nitrogens is 1. The van der Waals surface area contributed by atoms with Crippen LogP contribution in [-0.2, 0) is 14.6 Å². The van der Waals surface area contributed by atoms with Crippen LogP contribution in [0.15, 0.2) is 15.9 Å². The second-order valence-corrected chi connectivity index (χ2v) is 4.58. The molecule has 1 heterocycles. The number of nitrogens with zero attached hydrogens (tertiary/aromatic N) is 1. The Labute approximate surface area is 81.0 Å². The van der Waals surface area contributed by atoms with E-state index in [0.717, 1.165) is 12.5 Å². The molecule has 0 aliphatic carbocycles. The first-order valence-corrected chi connectivity index (χ1v) is 5.56. The lowest BCUT2D eigenvalue weighted by Gasteiger charge is -1.89. The van der Waals surface area contributed by atoms with Crippen LogP contribution in [0.4, 0.5) is 0 Å². The van der Waals surface area contributed by atoms with E-state index in [1.807, 2.05) is 0 Å². The van der Waals surface area contributed by atoms with E-state index in [0.29, 0.717) is 0 Å². The van der Waals surface area contributed by atoms with E-state index in [4.69, 9.17) is 5.73 Å². The molecule has 77 valence electrons. The summed E-state index contributed by atoms with van der Waals surface area (Å²) in [5, 5.41) is -0.367. The van der Waals surface area contributed by atoms with Crippen molar-refractivity contribution in [1.29, 1.82) is 0 Å². The predicted molar refractivity (Wildman–Crippen MR) is 46.8 cm³/mol. The Hall–Kier alpha value is -1.37. The molecule has 0 aliphatic rings. The van der Waals surface area contributed by atoms with Gasteiger partial charge in [-0.2, -0.15) is 0 Å². The van der Waals surface area contributed by atoms with Gasteiger partial charge in [0.1, 0.15) is 6.26 Å². The maximum Gasteiger partial charge on any atom is 0.314 e. The molecule has 1 rings (SSSR count). The van der Waals surface area contributed by atoms with Crippen LogP contribution in [0.2, 0.25) is 0 Å². The minimum Gasteiger partial charge on any atom is -0.436 e. The van der Waals surface area contributed by atoms with Gasteiger partial charge in [-0.05, 0) is 0 Å². The zero-order valence-electron chi connectivity index (χ0n) is 7.43. The maximum absolute atomic E-state index is 10.9. The van der Waals surface area contributed by atoms with Crippen LogP contribution < -0.4 is 5.73 Å². The van der Waals surface area contributed by atoms with Crippen molar-refractivity contribution in [2.24, 2.45) is 5.73 Å². The van der Waals surface area contributed by atoms with Gasteiger partial charge in [-0.1, -0.05) is 0 Å². The number of carbonyl (C=O) groups is 1. The molecule has 2 N–H and O–H groups in total. The van der Waals surface area contributed by atoms with Crippen LogP contribution in [0.25, 0.3) is 0 Å². The summed E-state index contributed by atoms with van der Waals surface area (Å²) in [4.78, 5) is 14.0. The second-order valence-electron chi connectivity index (χ2n) is 2.69. The van der Waals surface area contributed by atoms with Gasteiger partial charge in [0.15, 0.2) is 0 Å². The normalized spacial score (nSPS) is 11.5. The Morgan fingerprint density at radius 3 is 2.79 bits per heavy atom. The predicted octanol–water partition coefficient (Wildman–Crippen LogP) is -0.494. The molecule has 1 aromatic heterocycles. The Bertz CT molecular complexity index is 434. The van der Waals surface area contributed by atoms with Crippen molar-refractivity contribution in [2.75, 3.05) is 6.26 Å². The van der Waals surface area contributed by atoms with E-state index in [9.17, 15) is 13.2 Å². The monoisotopic (exact) mass is 217 g/mol. The van der Waals surface area contributed by atoms with Crippen LogP contribution in [0.3, 0.4) is 0 Å². The highest BCUT2D eigenvalue weighted by atomic mass is 32.2. The van der Waals surface area contributed by atoms with Crippen molar-refractivity contribution >= 4 is 15.7 Å². The molecule has 7 heteroatoms. The maximum atomic E-state index is 10.9. The van der Waals surface area contributed by atoms with Gasteiger partial charge in [-0.25, -0.2) is 13.4 Å². The molecule has 0 atom stereocenters. The summed E-state index contributed by atoms with van der Waals surface area (Å²) in [6.07, 6.45) is 3.52. The average molecular weight is 217 g/mol. The van der Waals surface area contributed by atoms with Crippen molar-refractivity contribution in [3.05, 3.63) is 18.4 Å². The Balaban J connectivity index is 2.74. The molecule has 0 spiro atoms. The fourth-order valence-corrected chi connectivity index (χ4v) is 1.23. The fourth-order valence-electron chi connectivity index (χ4n) is 0.738. The zero-order chi connectivity index (χ0) is 10.8. The number of amides is 1. The number of hydrogen-bond donors (Lipinski definition) is 1. The first-order valence-electron chi connectivity index (χ1n) is 3.66. The van der Waals surface area contributed by atoms with E-state index in [1.165, 1.54) is 6.42 Å². The number of sulfone groups is 1. The lowest BCUT2D eigenvalue weighted by atomic mass is 10.2. The fraction of sp³-hybridized carbons (Fsp3) is 0.286. The topological polar surface area (TPSA) is 103 Å². The summed E-state index contributed by atoms with van der Waals surface area (Å²) in [6.45, 7) is 0. The van der Waals surface area contributed by atoms with Crippen molar-refractivity contribution in [2.45, 2.75) is 11.6 Å². The van der Waals surface area contributed by atoms with E-state index in [1.54, 1.807) is 0 Å². The van der Waals surface area contributed by atoms with Crippen molar-refractivity contribution in [3.63, 3.8) is 0 Å². The van der Waals surface area contributed by atoms with Crippen LogP contribution in [-0.4, -0.2) is 25.6 Å². The summed E-state index contributed by atoms with van der Waals surface area (Å²) >= 11 is 0. The molecule has 1 aromatic rings. The quantitative estimate of drug-likeness (QED) is 0.732. The lowest BCUT2D eigenvalue weighted by molar-refractivity contribution is -0.117. The molecular weight excluding hydrogens is 208 g/mol. The molecule has 6 nitrogen and oxygen atoms in total. The SMILES string of the molecule is CS(=O)(=O)c1nc([CH]CC(N)=O)co1. The summed E-state index contributed by atoms with van der Waals surface area (Å²) in [6, 6.07) is 0. The third-order valence-electron chi connectivity index (χ3n) is 1.33. The van der Waals surface area contributed by atoms with Crippen LogP contribution in [0.1, 0.15) is 12.1 Å². The number of primary amides is 1. The van der Waals surface area contributed by atoms with E-state index < -0.39 is 15.7 Å². The Morgan fingerprint density at radius 1 is 1.71 bits per heavy atom. The number of hydrogen-bond acceptors (Lipinski definition) is 5. The van der Waals surface area contributed by atoms with Gasteiger partial charge in [0.2, 0.25) is 15.7 Å². The Morgan fingerprint density at radius 2 is 2.36 bits per heavy atom. The van der Waals surface area contributed by atoms with E-state index in [-0.39, 0.29) is 17.3 Å². The first-order chi connectivity index (χ1) is 6.39. The average Bonchev–Trinajstić information content (AvgIpc) is 2.47. The standard InChI is InChI=1S/C7H9N2O4S/c1-14(11,12)7-9-5(4-13-7)2-3-6(8)10/h2,4H,3H2,1H3,(H2,8,10). The zero-order valence-corrected chi connectivity index (χ0v) is 8.24. The largest absolute Gasteiger partial charge is 0.436 e.